The summed E-state index contributed by atoms with van der Waals surface area (Å²) < 4.78 is 18.2. The lowest BCUT2D eigenvalue weighted by Crippen LogP contribution is -2.35. The zero-order valence-corrected chi connectivity index (χ0v) is 16.6. The number of nitrogens with zero attached hydrogens (tertiary/aromatic N) is 3. The number of carbonyl (C=O) groups excluding carboxylic acids is 1. The van der Waals surface area contributed by atoms with Gasteiger partial charge in [-0.25, -0.2) is 14.8 Å². The maximum Gasteiger partial charge on any atom is 0.410 e. The molecule has 1 amide bonds. The van der Waals surface area contributed by atoms with E-state index in [1.807, 2.05) is 45.0 Å². The molecule has 0 N–H and O–H groups in total. The Kier molecular flexibility index (Phi) is 5.48. The molecule has 0 unspecified atom stereocenters. The summed E-state index contributed by atoms with van der Waals surface area (Å²) in [6, 6.07) is 7.34. The van der Waals surface area contributed by atoms with Crippen LogP contribution in [0.3, 0.4) is 0 Å². The second kappa shape index (κ2) is 7.48. The van der Waals surface area contributed by atoms with Crippen LogP contribution in [-0.4, -0.2) is 49.6 Å². The number of ether oxygens (including phenoxy) is 1. The Morgan fingerprint density at radius 2 is 1.96 bits per heavy atom. The molecule has 2 heterocycles. The molecule has 0 aliphatic carbocycles. The molecule has 0 saturated carbocycles. The Hall–Kier alpha value is -1.73. The number of fused-ring (bicyclic) bond motifs is 1. The number of likely N-dealkylation sites (tertiary alicyclic amines) is 1. The Balaban J connectivity index is 1.66. The quantitative estimate of drug-likeness (QED) is 0.793. The summed E-state index contributed by atoms with van der Waals surface area (Å²) >= 11 is 6.18. The van der Waals surface area contributed by atoms with Gasteiger partial charge in [-0.1, -0.05) is 23.7 Å². The van der Waals surface area contributed by atoms with Gasteiger partial charge in [0.25, 0.3) is 0 Å². The number of benzene rings is 1. The van der Waals surface area contributed by atoms with Crippen LogP contribution in [-0.2, 0) is 15.5 Å². The van der Waals surface area contributed by atoms with Crippen molar-refractivity contribution in [3.63, 3.8) is 0 Å². The van der Waals surface area contributed by atoms with E-state index in [-0.39, 0.29) is 17.2 Å². The van der Waals surface area contributed by atoms with E-state index in [4.69, 9.17) is 16.3 Å². The first-order valence-corrected chi connectivity index (χ1v) is 10.2. The summed E-state index contributed by atoms with van der Waals surface area (Å²) in [6.07, 6.45) is 0.457. The van der Waals surface area contributed by atoms with E-state index < -0.39 is 16.4 Å². The largest absolute Gasteiger partial charge is 0.444 e. The molecule has 8 heteroatoms. The molecule has 1 saturated heterocycles. The van der Waals surface area contributed by atoms with Crippen molar-refractivity contribution in [2.75, 3.05) is 18.8 Å². The first-order valence-electron chi connectivity index (χ1n) is 8.51. The normalized spacial score (nSPS) is 18.9. The number of hydrogen-bond donors (Lipinski definition) is 0. The van der Waals surface area contributed by atoms with Crippen molar-refractivity contribution in [2.24, 2.45) is 5.92 Å². The first kappa shape index (κ1) is 19.0. The summed E-state index contributed by atoms with van der Waals surface area (Å²) in [6.45, 7) is 6.66. The molecule has 1 fully saturated rings. The van der Waals surface area contributed by atoms with Crippen molar-refractivity contribution in [3.05, 3.63) is 29.4 Å². The number of halogens is 1. The van der Waals surface area contributed by atoms with Crippen LogP contribution in [0.1, 0.15) is 27.2 Å². The van der Waals surface area contributed by atoms with Crippen molar-refractivity contribution < 1.29 is 13.7 Å². The second-order valence-corrected chi connectivity index (χ2v) is 9.17. The topological polar surface area (TPSA) is 72.4 Å². The van der Waals surface area contributed by atoms with Crippen LogP contribution >= 0.6 is 11.6 Å². The van der Waals surface area contributed by atoms with Crippen molar-refractivity contribution in [3.8, 4) is 0 Å². The van der Waals surface area contributed by atoms with E-state index in [0.29, 0.717) is 34.9 Å². The lowest BCUT2D eigenvalue weighted by molar-refractivity contribution is 0.0289. The molecular weight excluding hydrogens is 374 g/mol. The van der Waals surface area contributed by atoms with Crippen molar-refractivity contribution >= 4 is 39.5 Å². The number of hydrogen-bond acceptors (Lipinski definition) is 5. The number of para-hydroxylation sites is 2. The van der Waals surface area contributed by atoms with Gasteiger partial charge in [0, 0.05) is 18.8 Å². The molecule has 1 aromatic heterocycles. The average Bonchev–Trinajstić information content (AvgIpc) is 3.01. The average molecular weight is 396 g/mol. The minimum Gasteiger partial charge on any atom is -0.444 e. The van der Waals surface area contributed by atoms with Crippen molar-refractivity contribution in [2.45, 2.75) is 37.8 Å². The van der Waals surface area contributed by atoms with Gasteiger partial charge in [-0.2, -0.15) is 0 Å². The third-order valence-corrected chi connectivity index (χ3v) is 5.90. The van der Waals surface area contributed by atoms with Crippen LogP contribution in [0.2, 0.25) is 5.15 Å². The standard InChI is InChI=1S/C18H22ClN3O3S/c1-18(2,3)25-17(23)22-9-8-12(10-22)11-26(24)16-15(19)20-13-6-4-5-7-14(13)21-16/h4-7,12H,8-11H2,1-3H3/t12-,26+/m0/s1. The fourth-order valence-electron chi connectivity index (χ4n) is 2.86. The van der Waals surface area contributed by atoms with E-state index in [2.05, 4.69) is 9.97 Å². The zero-order valence-electron chi connectivity index (χ0n) is 15.1. The smallest absolute Gasteiger partial charge is 0.410 e. The van der Waals surface area contributed by atoms with Crippen LogP contribution in [0.5, 0.6) is 0 Å². The summed E-state index contributed by atoms with van der Waals surface area (Å²) in [5, 5.41) is 0.477. The van der Waals surface area contributed by atoms with Gasteiger partial charge in [0.2, 0.25) is 0 Å². The molecule has 1 aliphatic rings. The molecule has 6 nitrogen and oxygen atoms in total. The van der Waals surface area contributed by atoms with Gasteiger partial charge in [0.1, 0.15) is 5.60 Å². The summed E-state index contributed by atoms with van der Waals surface area (Å²) in [7, 11) is -1.37. The van der Waals surface area contributed by atoms with Gasteiger partial charge < -0.3 is 9.64 Å². The number of aromatic nitrogens is 2. The lowest BCUT2D eigenvalue weighted by atomic mass is 10.2. The molecule has 2 atom stereocenters. The highest BCUT2D eigenvalue weighted by molar-refractivity contribution is 7.85. The highest BCUT2D eigenvalue weighted by Gasteiger charge is 2.31. The Morgan fingerprint density at radius 1 is 1.31 bits per heavy atom. The Bertz CT molecular complexity index is 853. The molecule has 0 bridgehead atoms. The second-order valence-electron chi connectivity index (χ2n) is 7.40. The molecule has 3 rings (SSSR count). The molecule has 1 aromatic carbocycles. The maximum absolute atomic E-state index is 12.8. The van der Waals surface area contributed by atoms with Gasteiger partial charge in [-0.05, 0) is 45.2 Å². The summed E-state index contributed by atoms with van der Waals surface area (Å²) in [4.78, 5) is 22.5. The molecule has 1 aliphatic heterocycles. The van der Waals surface area contributed by atoms with E-state index in [0.717, 1.165) is 6.42 Å². The van der Waals surface area contributed by atoms with Crippen LogP contribution in [0.25, 0.3) is 11.0 Å². The van der Waals surface area contributed by atoms with E-state index in [9.17, 15) is 9.00 Å². The van der Waals surface area contributed by atoms with Gasteiger partial charge in [0.05, 0.1) is 21.8 Å². The Labute approximate surface area is 160 Å². The van der Waals surface area contributed by atoms with Crippen molar-refractivity contribution in [1.29, 1.82) is 0 Å². The minimum absolute atomic E-state index is 0.118. The van der Waals surface area contributed by atoms with Crippen LogP contribution in [0, 0.1) is 5.92 Å². The monoisotopic (exact) mass is 395 g/mol. The fourth-order valence-corrected chi connectivity index (χ4v) is 4.54. The molecule has 140 valence electrons. The number of rotatable bonds is 3. The molecule has 2 aromatic rings. The number of carbonyl (C=O) groups is 1. The summed E-state index contributed by atoms with van der Waals surface area (Å²) in [5.74, 6) is 0.513. The van der Waals surface area contributed by atoms with Crippen LogP contribution in [0.4, 0.5) is 4.79 Å². The van der Waals surface area contributed by atoms with Gasteiger partial charge in [-0.15, -0.1) is 0 Å². The summed E-state index contributed by atoms with van der Waals surface area (Å²) in [5.41, 5.74) is 0.823. The zero-order chi connectivity index (χ0) is 18.9. The minimum atomic E-state index is -1.37. The highest BCUT2D eigenvalue weighted by atomic mass is 35.5. The number of amides is 1. The third-order valence-electron chi connectivity index (χ3n) is 4.04. The SMILES string of the molecule is CC(C)(C)OC(=O)N1CC[C@H](C[S@@](=O)c2nc3ccccc3nc2Cl)C1. The Morgan fingerprint density at radius 3 is 2.62 bits per heavy atom. The third kappa shape index (κ3) is 4.51. The molecule has 0 radical (unpaired) electrons. The van der Waals surface area contributed by atoms with E-state index in [1.165, 1.54) is 0 Å². The highest BCUT2D eigenvalue weighted by Crippen LogP contribution is 2.25. The van der Waals surface area contributed by atoms with E-state index >= 15 is 0 Å². The first-order chi connectivity index (χ1) is 12.2. The predicted molar refractivity (Wildman–Crippen MR) is 102 cm³/mol. The van der Waals surface area contributed by atoms with E-state index in [1.54, 1.807) is 4.90 Å². The van der Waals surface area contributed by atoms with Gasteiger partial charge >= 0.3 is 6.09 Å². The lowest BCUT2D eigenvalue weighted by Gasteiger charge is -2.24. The fraction of sp³-hybridized carbons (Fsp3) is 0.500. The van der Waals surface area contributed by atoms with Crippen LogP contribution < -0.4 is 0 Å². The van der Waals surface area contributed by atoms with Gasteiger partial charge in [-0.3, -0.25) is 4.21 Å². The van der Waals surface area contributed by atoms with Gasteiger partial charge in [0.15, 0.2) is 10.2 Å². The predicted octanol–water partition coefficient (Wildman–Crippen LogP) is 3.65. The molecule has 26 heavy (non-hydrogen) atoms. The molecular formula is C18H22ClN3O3S. The van der Waals surface area contributed by atoms with Crippen LogP contribution in [0.15, 0.2) is 29.3 Å². The maximum atomic E-state index is 12.8. The van der Waals surface area contributed by atoms with Crippen molar-refractivity contribution in [1.82, 2.24) is 14.9 Å². The molecule has 0 spiro atoms.